The molecular weight excluding hydrogens is 369 g/mol. The maximum Gasteiger partial charge on any atom is 0.279 e. The van der Waals surface area contributed by atoms with Gasteiger partial charge in [-0.15, -0.1) is 11.3 Å². The van der Waals surface area contributed by atoms with Crippen LogP contribution in [-0.4, -0.2) is 17.9 Å². The smallest absolute Gasteiger partial charge is 0.279 e. The van der Waals surface area contributed by atoms with Crippen molar-refractivity contribution in [2.75, 3.05) is 0 Å². The molecule has 1 aromatic heterocycles. The normalized spacial score (nSPS) is 11.4. The number of fused-ring (bicyclic) bond motifs is 1. The average molecular weight is 383 g/mol. The highest BCUT2D eigenvalue weighted by Crippen LogP contribution is 2.26. The van der Waals surface area contributed by atoms with E-state index < -0.39 is 17.9 Å². The van der Waals surface area contributed by atoms with Gasteiger partial charge in [0.25, 0.3) is 11.8 Å². The van der Waals surface area contributed by atoms with E-state index >= 15 is 0 Å². The van der Waals surface area contributed by atoms with Crippen LogP contribution in [0.3, 0.4) is 0 Å². The molecule has 2 aromatic carbocycles. The number of carbonyl (C=O) groups excluding carboxylic acids is 2. The Kier molecular flexibility index (Phi) is 5.33. The minimum Gasteiger partial charge on any atom is -0.481 e. The first kappa shape index (κ1) is 18.4. The topological polar surface area (TPSA) is 91.2 Å². The lowest BCUT2D eigenvalue weighted by Crippen LogP contribution is -2.47. The standard InChI is InChI=1S/C19H14FN3O3S/c1-11(26-15-5-2-12(10-21)3-6-15)18(24)22-23-19(25)17-9-13-8-14(20)4-7-16(13)27-17/h2-9,11H,1H3,(H,22,24)(H,23,25)/t11-/m1/s1. The zero-order valence-corrected chi connectivity index (χ0v) is 15.0. The lowest BCUT2D eigenvalue weighted by Gasteiger charge is -2.14. The van der Waals surface area contributed by atoms with Gasteiger partial charge in [0.2, 0.25) is 0 Å². The molecule has 3 rings (SSSR count). The van der Waals surface area contributed by atoms with Crippen molar-refractivity contribution in [2.45, 2.75) is 13.0 Å². The summed E-state index contributed by atoms with van der Waals surface area (Å²) in [5, 5.41) is 9.38. The van der Waals surface area contributed by atoms with Gasteiger partial charge in [-0.3, -0.25) is 20.4 Å². The number of hydrogen-bond donors (Lipinski definition) is 2. The Morgan fingerprint density at radius 2 is 1.89 bits per heavy atom. The molecule has 2 N–H and O–H groups in total. The number of ether oxygens (including phenoxy) is 1. The van der Waals surface area contributed by atoms with Gasteiger partial charge in [-0.05, 0) is 60.8 Å². The molecule has 6 nitrogen and oxygen atoms in total. The van der Waals surface area contributed by atoms with Crippen molar-refractivity contribution in [1.29, 1.82) is 5.26 Å². The summed E-state index contributed by atoms with van der Waals surface area (Å²) in [6.07, 6.45) is -0.866. The number of halogens is 1. The van der Waals surface area contributed by atoms with Crippen LogP contribution in [-0.2, 0) is 4.79 Å². The highest BCUT2D eigenvalue weighted by Gasteiger charge is 2.17. The van der Waals surface area contributed by atoms with Gasteiger partial charge in [0.05, 0.1) is 16.5 Å². The molecule has 0 unspecified atom stereocenters. The van der Waals surface area contributed by atoms with E-state index in [4.69, 9.17) is 10.00 Å². The van der Waals surface area contributed by atoms with Crippen molar-refractivity contribution in [3.63, 3.8) is 0 Å². The predicted octanol–water partition coefficient (Wildman–Crippen LogP) is 3.14. The monoisotopic (exact) mass is 383 g/mol. The van der Waals surface area contributed by atoms with Gasteiger partial charge in [-0.25, -0.2) is 4.39 Å². The molecular formula is C19H14FN3O3S. The third-order valence-electron chi connectivity index (χ3n) is 3.67. The Labute approximate surface area is 158 Å². The fraction of sp³-hybridized carbons (Fsp3) is 0.105. The van der Waals surface area contributed by atoms with Crippen molar-refractivity contribution >= 4 is 33.2 Å². The Hall–Kier alpha value is -3.44. The number of carbonyl (C=O) groups is 2. The van der Waals surface area contributed by atoms with Crippen LogP contribution >= 0.6 is 11.3 Å². The van der Waals surface area contributed by atoms with Crippen LogP contribution in [0.15, 0.2) is 48.5 Å². The number of rotatable bonds is 4. The highest BCUT2D eigenvalue weighted by atomic mass is 32.1. The summed E-state index contributed by atoms with van der Waals surface area (Å²) < 4.78 is 19.5. The highest BCUT2D eigenvalue weighted by molar-refractivity contribution is 7.20. The maximum absolute atomic E-state index is 13.2. The number of thiophene rings is 1. The zero-order chi connectivity index (χ0) is 19.4. The molecule has 0 spiro atoms. The third-order valence-corrected chi connectivity index (χ3v) is 4.78. The predicted molar refractivity (Wildman–Crippen MR) is 98.6 cm³/mol. The van der Waals surface area contributed by atoms with E-state index in [2.05, 4.69) is 10.9 Å². The number of benzene rings is 2. The molecule has 136 valence electrons. The number of amides is 2. The quantitative estimate of drug-likeness (QED) is 0.677. The molecule has 0 bridgehead atoms. The number of nitrogens with zero attached hydrogens (tertiary/aromatic N) is 1. The fourth-order valence-corrected chi connectivity index (χ4v) is 3.21. The van der Waals surface area contributed by atoms with Crippen LogP contribution in [0.25, 0.3) is 10.1 Å². The van der Waals surface area contributed by atoms with Crippen molar-refractivity contribution in [2.24, 2.45) is 0 Å². The molecule has 0 aliphatic rings. The van der Waals surface area contributed by atoms with Gasteiger partial charge in [0.1, 0.15) is 11.6 Å². The molecule has 1 atom stereocenters. The molecule has 0 saturated heterocycles. The number of hydrazine groups is 1. The summed E-state index contributed by atoms with van der Waals surface area (Å²) in [6, 6.07) is 14.1. The number of nitrogens with one attached hydrogen (secondary N) is 2. The minimum absolute atomic E-state index is 0.344. The lowest BCUT2D eigenvalue weighted by atomic mass is 10.2. The lowest BCUT2D eigenvalue weighted by molar-refractivity contribution is -0.128. The molecule has 0 saturated carbocycles. The Morgan fingerprint density at radius 3 is 2.59 bits per heavy atom. The summed E-state index contributed by atoms with van der Waals surface area (Å²) in [4.78, 5) is 24.6. The van der Waals surface area contributed by atoms with E-state index in [1.807, 2.05) is 6.07 Å². The minimum atomic E-state index is -0.866. The third kappa shape index (κ3) is 4.40. The Balaban J connectivity index is 1.56. The molecule has 27 heavy (non-hydrogen) atoms. The summed E-state index contributed by atoms with van der Waals surface area (Å²) in [6.45, 7) is 1.53. The SMILES string of the molecule is C[C@@H](Oc1ccc(C#N)cc1)C(=O)NNC(=O)c1cc2cc(F)ccc2s1. The van der Waals surface area contributed by atoms with Crippen LogP contribution in [0.2, 0.25) is 0 Å². The summed E-state index contributed by atoms with van der Waals surface area (Å²) in [5.41, 5.74) is 5.09. The van der Waals surface area contributed by atoms with E-state index in [0.29, 0.717) is 21.6 Å². The fourth-order valence-electron chi connectivity index (χ4n) is 2.27. The zero-order valence-electron chi connectivity index (χ0n) is 14.2. The second-order valence-corrected chi connectivity index (χ2v) is 6.72. The number of hydrogen-bond acceptors (Lipinski definition) is 5. The first-order valence-electron chi connectivity index (χ1n) is 7.92. The van der Waals surface area contributed by atoms with Crippen LogP contribution in [0.1, 0.15) is 22.2 Å². The number of nitriles is 1. The summed E-state index contributed by atoms with van der Waals surface area (Å²) in [5.74, 6) is -1.00. The Morgan fingerprint density at radius 1 is 1.15 bits per heavy atom. The van der Waals surface area contributed by atoms with E-state index in [9.17, 15) is 14.0 Å². The van der Waals surface area contributed by atoms with Crippen LogP contribution < -0.4 is 15.6 Å². The van der Waals surface area contributed by atoms with Crippen molar-refractivity contribution in [3.8, 4) is 11.8 Å². The van der Waals surface area contributed by atoms with Gasteiger partial charge in [-0.1, -0.05) is 0 Å². The summed E-state index contributed by atoms with van der Waals surface area (Å²) in [7, 11) is 0. The Bertz CT molecular complexity index is 1040. The molecule has 0 radical (unpaired) electrons. The summed E-state index contributed by atoms with van der Waals surface area (Å²) >= 11 is 1.19. The molecule has 0 aliphatic heterocycles. The van der Waals surface area contributed by atoms with Crippen LogP contribution in [0.4, 0.5) is 4.39 Å². The molecule has 0 fully saturated rings. The first-order chi connectivity index (χ1) is 13.0. The molecule has 8 heteroatoms. The molecule has 0 aliphatic carbocycles. The molecule has 1 heterocycles. The van der Waals surface area contributed by atoms with Gasteiger partial charge in [0.15, 0.2) is 6.10 Å². The van der Waals surface area contributed by atoms with Gasteiger partial charge in [-0.2, -0.15) is 5.26 Å². The van der Waals surface area contributed by atoms with E-state index in [0.717, 1.165) is 4.70 Å². The van der Waals surface area contributed by atoms with Crippen LogP contribution in [0.5, 0.6) is 5.75 Å². The van der Waals surface area contributed by atoms with E-state index in [1.54, 1.807) is 36.4 Å². The molecule has 3 aromatic rings. The maximum atomic E-state index is 13.2. The average Bonchev–Trinajstić information content (AvgIpc) is 3.09. The van der Waals surface area contributed by atoms with Crippen molar-refractivity contribution < 1.29 is 18.7 Å². The van der Waals surface area contributed by atoms with E-state index in [1.165, 1.54) is 30.4 Å². The van der Waals surface area contributed by atoms with Gasteiger partial charge in [0, 0.05) is 4.70 Å². The first-order valence-corrected chi connectivity index (χ1v) is 8.74. The van der Waals surface area contributed by atoms with E-state index in [-0.39, 0.29) is 5.82 Å². The second-order valence-electron chi connectivity index (χ2n) is 5.63. The van der Waals surface area contributed by atoms with Crippen molar-refractivity contribution in [3.05, 3.63) is 64.8 Å². The van der Waals surface area contributed by atoms with Gasteiger partial charge >= 0.3 is 0 Å². The molecule has 2 amide bonds. The second kappa shape index (κ2) is 7.85. The van der Waals surface area contributed by atoms with Crippen LogP contribution in [0, 0.1) is 17.1 Å². The van der Waals surface area contributed by atoms with Gasteiger partial charge < -0.3 is 4.74 Å². The largest absolute Gasteiger partial charge is 0.481 e. The van der Waals surface area contributed by atoms with Crippen molar-refractivity contribution in [1.82, 2.24) is 10.9 Å².